The van der Waals surface area contributed by atoms with E-state index in [9.17, 15) is 19.3 Å². The fourth-order valence-corrected chi connectivity index (χ4v) is 5.41. The second-order valence-electron chi connectivity index (χ2n) is 9.35. The summed E-state index contributed by atoms with van der Waals surface area (Å²) in [6, 6.07) is 30.8. The van der Waals surface area contributed by atoms with Crippen molar-refractivity contribution in [3.05, 3.63) is 148 Å². The molecule has 0 bridgehead atoms. The predicted molar refractivity (Wildman–Crippen MR) is 155 cm³/mol. The monoisotopic (exact) mass is 567 g/mol. The van der Waals surface area contributed by atoms with E-state index in [2.05, 4.69) is 15.5 Å². The third-order valence-electron chi connectivity index (χ3n) is 6.53. The Morgan fingerprint density at radius 3 is 2.05 bits per heavy atom. The van der Waals surface area contributed by atoms with Gasteiger partial charge in [0.05, 0.1) is 16.9 Å². The van der Waals surface area contributed by atoms with Crippen molar-refractivity contribution in [1.29, 1.82) is 0 Å². The van der Waals surface area contributed by atoms with Gasteiger partial charge in [0, 0.05) is 23.6 Å². The SMILES string of the molecule is CC(NC(=O)C(c1ccccc1)c1ccccc1)c1nnc(SCc2ccc(F)cc2)n1-c1ccc([N+](=O)[O-])cc1. The van der Waals surface area contributed by atoms with Gasteiger partial charge in [-0.2, -0.15) is 0 Å². The molecule has 0 aliphatic heterocycles. The smallest absolute Gasteiger partial charge is 0.269 e. The first kappa shape index (κ1) is 27.7. The fourth-order valence-electron chi connectivity index (χ4n) is 4.50. The molecule has 0 aliphatic rings. The summed E-state index contributed by atoms with van der Waals surface area (Å²) >= 11 is 1.39. The molecule has 8 nitrogen and oxygen atoms in total. The summed E-state index contributed by atoms with van der Waals surface area (Å²) in [7, 11) is 0. The van der Waals surface area contributed by atoms with Gasteiger partial charge in [0.25, 0.3) is 5.69 Å². The van der Waals surface area contributed by atoms with Gasteiger partial charge >= 0.3 is 0 Å². The number of benzene rings is 4. The topological polar surface area (TPSA) is 103 Å². The first-order chi connectivity index (χ1) is 19.9. The molecule has 41 heavy (non-hydrogen) atoms. The number of aromatic nitrogens is 3. The summed E-state index contributed by atoms with van der Waals surface area (Å²) in [6.45, 7) is 1.82. The van der Waals surface area contributed by atoms with Crippen LogP contribution in [0, 0.1) is 15.9 Å². The number of carbonyl (C=O) groups is 1. The largest absolute Gasteiger partial charge is 0.346 e. The Labute approximate surface area is 240 Å². The molecule has 1 atom stereocenters. The molecule has 1 amide bonds. The highest BCUT2D eigenvalue weighted by Crippen LogP contribution is 2.30. The van der Waals surface area contributed by atoms with Gasteiger partial charge in [0.1, 0.15) is 5.82 Å². The van der Waals surface area contributed by atoms with Crippen molar-refractivity contribution in [3.63, 3.8) is 0 Å². The summed E-state index contributed by atoms with van der Waals surface area (Å²) in [5, 5.41) is 23.7. The quantitative estimate of drug-likeness (QED) is 0.116. The molecule has 0 saturated carbocycles. The average Bonchev–Trinajstić information content (AvgIpc) is 3.42. The minimum Gasteiger partial charge on any atom is -0.346 e. The highest BCUT2D eigenvalue weighted by molar-refractivity contribution is 7.98. The Bertz CT molecular complexity index is 1590. The van der Waals surface area contributed by atoms with Crippen LogP contribution in [0.5, 0.6) is 0 Å². The van der Waals surface area contributed by atoms with E-state index in [-0.39, 0.29) is 17.4 Å². The molecule has 0 saturated heterocycles. The molecule has 1 aromatic heterocycles. The molecule has 10 heteroatoms. The number of nitrogens with one attached hydrogen (secondary N) is 1. The summed E-state index contributed by atoms with van der Waals surface area (Å²) in [4.78, 5) is 24.5. The summed E-state index contributed by atoms with van der Waals surface area (Å²) in [5.41, 5.74) is 3.18. The number of non-ortho nitro benzene ring substituents is 1. The number of nitro groups is 1. The summed E-state index contributed by atoms with van der Waals surface area (Å²) < 4.78 is 15.2. The van der Waals surface area contributed by atoms with Crippen molar-refractivity contribution in [1.82, 2.24) is 20.1 Å². The van der Waals surface area contributed by atoms with E-state index in [0.29, 0.717) is 22.4 Å². The lowest BCUT2D eigenvalue weighted by molar-refractivity contribution is -0.384. The Kier molecular flexibility index (Phi) is 8.50. The lowest BCUT2D eigenvalue weighted by Crippen LogP contribution is -2.33. The van der Waals surface area contributed by atoms with E-state index >= 15 is 0 Å². The van der Waals surface area contributed by atoms with Crippen LogP contribution in [-0.4, -0.2) is 25.6 Å². The van der Waals surface area contributed by atoms with Gasteiger partial charge in [-0.1, -0.05) is 84.6 Å². The van der Waals surface area contributed by atoms with Crippen LogP contribution in [0.15, 0.2) is 114 Å². The van der Waals surface area contributed by atoms with Crippen molar-refractivity contribution >= 4 is 23.4 Å². The second kappa shape index (κ2) is 12.6. The van der Waals surface area contributed by atoms with Crippen LogP contribution in [0.4, 0.5) is 10.1 Å². The number of nitro benzene ring substituents is 1. The van der Waals surface area contributed by atoms with Gasteiger partial charge in [-0.05, 0) is 47.9 Å². The molecule has 4 aromatic carbocycles. The van der Waals surface area contributed by atoms with Gasteiger partial charge in [-0.3, -0.25) is 19.5 Å². The third-order valence-corrected chi connectivity index (χ3v) is 7.53. The van der Waals surface area contributed by atoms with Crippen molar-refractivity contribution < 1.29 is 14.1 Å². The van der Waals surface area contributed by atoms with Gasteiger partial charge < -0.3 is 5.32 Å². The van der Waals surface area contributed by atoms with Crippen molar-refractivity contribution in [2.24, 2.45) is 0 Å². The molecule has 1 unspecified atom stereocenters. The number of carbonyl (C=O) groups excluding carboxylic acids is 1. The van der Waals surface area contributed by atoms with Crippen LogP contribution in [0.1, 0.15) is 41.4 Å². The molecule has 1 N–H and O–H groups in total. The first-order valence-corrected chi connectivity index (χ1v) is 13.9. The first-order valence-electron chi connectivity index (χ1n) is 12.9. The van der Waals surface area contributed by atoms with Crippen LogP contribution in [0.3, 0.4) is 0 Å². The lowest BCUT2D eigenvalue weighted by Gasteiger charge is -2.21. The molecule has 0 aliphatic carbocycles. The summed E-state index contributed by atoms with van der Waals surface area (Å²) in [5.74, 6) is -0.0924. The minimum absolute atomic E-state index is 0.0428. The molecular weight excluding hydrogens is 541 g/mol. The van der Waals surface area contributed by atoms with E-state index in [1.54, 1.807) is 28.8 Å². The molecule has 0 radical (unpaired) electrons. The van der Waals surface area contributed by atoms with E-state index in [1.807, 2.05) is 67.6 Å². The standard InChI is InChI=1S/C31H26FN5O3S/c1-21(33-30(38)28(23-8-4-2-5-9-23)24-10-6-3-7-11-24)29-34-35-31(41-20-22-12-14-25(32)15-13-22)36(29)26-16-18-27(19-17-26)37(39)40/h2-19,21,28H,20H2,1H3,(H,33,38). The Morgan fingerprint density at radius 2 is 1.49 bits per heavy atom. The van der Waals surface area contributed by atoms with E-state index < -0.39 is 16.9 Å². The molecule has 5 rings (SSSR count). The Balaban J connectivity index is 1.46. The maximum atomic E-state index is 13.8. The van der Waals surface area contributed by atoms with E-state index in [0.717, 1.165) is 16.7 Å². The number of hydrogen-bond acceptors (Lipinski definition) is 6. The van der Waals surface area contributed by atoms with Crippen LogP contribution >= 0.6 is 11.8 Å². The number of nitrogens with zero attached hydrogens (tertiary/aromatic N) is 4. The van der Waals surface area contributed by atoms with Crippen LogP contribution in [0.2, 0.25) is 0 Å². The van der Waals surface area contributed by atoms with Gasteiger partial charge in [0.2, 0.25) is 5.91 Å². The lowest BCUT2D eigenvalue weighted by atomic mass is 9.90. The van der Waals surface area contributed by atoms with Gasteiger partial charge in [-0.25, -0.2) is 4.39 Å². The number of halogens is 1. The molecule has 0 fully saturated rings. The van der Waals surface area contributed by atoms with E-state index in [1.165, 1.54) is 36.0 Å². The number of hydrogen-bond donors (Lipinski definition) is 1. The zero-order valence-corrected chi connectivity index (χ0v) is 22.9. The second-order valence-corrected chi connectivity index (χ2v) is 10.3. The maximum Gasteiger partial charge on any atom is 0.269 e. The number of rotatable bonds is 10. The van der Waals surface area contributed by atoms with Gasteiger partial charge in [-0.15, -0.1) is 10.2 Å². The highest BCUT2D eigenvalue weighted by atomic mass is 32.2. The fraction of sp³-hybridized carbons (Fsp3) is 0.129. The average molecular weight is 568 g/mol. The zero-order chi connectivity index (χ0) is 28.8. The van der Waals surface area contributed by atoms with Crippen LogP contribution in [-0.2, 0) is 10.5 Å². The minimum atomic E-state index is -0.555. The predicted octanol–water partition coefficient (Wildman–Crippen LogP) is 6.62. The Morgan fingerprint density at radius 1 is 0.902 bits per heavy atom. The molecule has 206 valence electrons. The third kappa shape index (κ3) is 6.50. The van der Waals surface area contributed by atoms with Crippen LogP contribution < -0.4 is 5.32 Å². The summed E-state index contributed by atoms with van der Waals surface area (Å²) in [6.07, 6.45) is 0. The van der Waals surface area contributed by atoms with Crippen molar-refractivity contribution in [3.8, 4) is 5.69 Å². The molecule has 0 spiro atoms. The van der Waals surface area contributed by atoms with Crippen molar-refractivity contribution in [2.75, 3.05) is 0 Å². The number of thioether (sulfide) groups is 1. The molecular formula is C31H26FN5O3S. The van der Waals surface area contributed by atoms with Crippen LogP contribution in [0.25, 0.3) is 5.69 Å². The number of amides is 1. The normalized spacial score (nSPS) is 11.8. The van der Waals surface area contributed by atoms with Gasteiger partial charge in [0.15, 0.2) is 11.0 Å². The zero-order valence-electron chi connectivity index (χ0n) is 22.1. The van der Waals surface area contributed by atoms with E-state index in [4.69, 9.17) is 0 Å². The maximum absolute atomic E-state index is 13.8. The van der Waals surface area contributed by atoms with Crippen molar-refractivity contribution in [2.45, 2.75) is 29.8 Å². The highest BCUT2D eigenvalue weighted by Gasteiger charge is 2.27. The molecule has 1 heterocycles. The Hall–Kier alpha value is -4.83. The molecule has 5 aromatic rings.